The Kier molecular flexibility index (Phi) is 3.91. The van der Waals surface area contributed by atoms with Crippen molar-refractivity contribution >= 4 is 54.6 Å². The Labute approximate surface area is 153 Å². The number of anilines is 1. The van der Waals surface area contributed by atoms with Crippen LogP contribution in [0.1, 0.15) is 26.3 Å². The zero-order chi connectivity index (χ0) is 18.4. The van der Waals surface area contributed by atoms with E-state index in [1.165, 1.54) is 11.3 Å². The first-order chi connectivity index (χ1) is 12.5. The summed E-state index contributed by atoms with van der Waals surface area (Å²) in [4.78, 5) is 24.1. The van der Waals surface area contributed by atoms with Crippen molar-refractivity contribution in [1.82, 2.24) is 15.0 Å². The van der Waals surface area contributed by atoms with E-state index in [2.05, 4.69) is 15.0 Å². The SMILES string of the molecule is CCc1c(OC(=O)OC(C)C)ncc2[nH]c3ccc4sc(N)nc4c3c12. The van der Waals surface area contributed by atoms with Gasteiger partial charge in [0.05, 0.1) is 28.0 Å². The zero-order valence-corrected chi connectivity index (χ0v) is 15.4. The number of H-pyrrole nitrogens is 1. The van der Waals surface area contributed by atoms with Crippen molar-refractivity contribution in [3.8, 4) is 5.88 Å². The Balaban J connectivity index is 1.97. The van der Waals surface area contributed by atoms with Crippen LogP contribution in [0.15, 0.2) is 18.3 Å². The van der Waals surface area contributed by atoms with Gasteiger partial charge in [0.25, 0.3) is 0 Å². The highest BCUT2D eigenvalue weighted by molar-refractivity contribution is 7.22. The van der Waals surface area contributed by atoms with Crippen molar-refractivity contribution in [1.29, 1.82) is 0 Å². The first kappa shape index (κ1) is 16.6. The number of fused-ring (bicyclic) bond motifs is 5. The molecule has 0 saturated carbocycles. The van der Waals surface area contributed by atoms with Crippen molar-refractivity contribution in [2.24, 2.45) is 0 Å². The van der Waals surface area contributed by atoms with Crippen molar-refractivity contribution < 1.29 is 14.3 Å². The van der Waals surface area contributed by atoms with Gasteiger partial charge in [-0.15, -0.1) is 0 Å². The molecule has 3 aromatic heterocycles. The van der Waals surface area contributed by atoms with Gasteiger partial charge in [-0.3, -0.25) is 0 Å². The molecule has 7 nitrogen and oxygen atoms in total. The largest absolute Gasteiger partial charge is 0.515 e. The third-order valence-electron chi connectivity index (χ3n) is 4.10. The molecule has 4 rings (SSSR count). The molecule has 26 heavy (non-hydrogen) atoms. The first-order valence-electron chi connectivity index (χ1n) is 8.34. The van der Waals surface area contributed by atoms with Crippen molar-refractivity contribution in [3.05, 3.63) is 23.9 Å². The second-order valence-electron chi connectivity index (χ2n) is 6.21. The van der Waals surface area contributed by atoms with Crippen molar-refractivity contribution in [2.75, 3.05) is 5.73 Å². The fourth-order valence-electron chi connectivity index (χ4n) is 3.14. The molecular formula is C18H18N4O3S. The predicted molar refractivity (Wildman–Crippen MR) is 103 cm³/mol. The van der Waals surface area contributed by atoms with Gasteiger partial charge in [-0.2, -0.15) is 0 Å². The quantitative estimate of drug-likeness (QED) is 0.518. The molecule has 0 saturated heterocycles. The van der Waals surface area contributed by atoms with Gasteiger partial charge in [0.15, 0.2) is 5.13 Å². The molecule has 0 aliphatic rings. The number of pyridine rings is 1. The number of hydrogen-bond donors (Lipinski definition) is 2. The van der Waals surface area contributed by atoms with E-state index in [1.807, 2.05) is 19.1 Å². The summed E-state index contributed by atoms with van der Waals surface area (Å²) in [7, 11) is 0. The van der Waals surface area contributed by atoms with E-state index in [1.54, 1.807) is 20.0 Å². The molecular weight excluding hydrogens is 352 g/mol. The molecule has 4 aromatic rings. The number of carbonyl (C=O) groups excluding carboxylic acids is 1. The number of rotatable bonds is 3. The minimum absolute atomic E-state index is 0.256. The third-order valence-corrected chi connectivity index (χ3v) is 4.95. The van der Waals surface area contributed by atoms with Gasteiger partial charge in [-0.1, -0.05) is 18.3 Å². The summed E-state index contributed by atoms with van der Waals surface area (Å²) >= 11 is 1.45. The fraction of sp³-hybridized carbons (Fsp3) is 0.278. The maximum absolute atomic E-state index is 11.9. The average molecular weight is 370 g/mol. The molecule has 0 aliphatic heterocycles. The van der Waals surface area contributed by atoms with Crippen LogP contribution < -0.4 is 10.5 Å². The second-order valence-corrected chi connectivity index (χ2v) is 7.28. The Morgan fingerprint density at radius 3 is 2.85 bits per heavy atom. The summed E-state index contributed by atoms with van der Waals surface area (Å²) in [5, 5.41) is 2.43. The number of nitrogens with one attached hydrogen (secondary N) is 1. The monoisotopic (exact) mass is 370 g/mol. The lowest BCUT2D eigenvalue weighted by atomic mass is 10.1. The normalized spacial score (nSPS) is 11.7. The van der Waals surface area contributed by atoms with E-state index in [0.29, 0.717) is 11.6 Å². The number of nitrogen functional groups attached to an aromatic ring is 1. The lowest BCUT2D eigenvalue weighted by molar-refractivity contribution is 0.0713. The van der Waals surface area contributed by atoms with Crippen LogP contribution in [0.2, 0.25) is 0 Å². The van der Waals surface area contributed by atoms with Gasteiger partial charge in [-0.05, 0) is 32.4 Å². The molecule has 0 radical (unpaired) electrons. The molecule has 3 heterocycles. The standard InChI is InChI=1S/C18H18N4O3S/c1-4-9-13-11(7-20-16(9)25-18(23)24-8(2)3)21-10-5-6-12-15(14(10)13)22-17(19)26-12/h5-8,21H,4H2,1-3H3,(H2,19,22). The highest BCUT2D eigenvalue weighted by atomic mass is 32.1. The van der Waals surface area contributed by atoms with Gasteiger partial charge >= 0.3 is 6.16 Å². The highest BCUT2D eigenvalue weighted by Crippen LogP contribution is 2.38. The summed E-state index contributed by atoms with van der Waals surface area (Å²) in [5.74, 6) is 0.256. The maximum atomic E-state index is 11.9. The number of aryl methyl sites for hydroxylation is 1. The minimum Gasteiger partial charge on any atom is -0.431 e. The number of hydrogen-bond acceptors (Lipinski definition) is 7. The predicted octanol–water partition coefficient (Wildman–Crippen LogP) is 4.39. The van der Waals surface area contributed by atoms with E-state index < -0.39 is 6.16 Å². The molecule has 1 aromatic carbocycles. The number of aromatic amines is 1. The molecule has 0 fully saturated rings. The summed E-state index contributed by atoms with van der Waals surface area (Å²) in [6.07, 6.45) is 1.28. The number of benzene rings is 1. The fourth-order valence-corrected chi connectivity index (χ4v) is 3.88. The van der Waals surface area contributed by atoms with Crippen LogP contribution in [-0.2, 0) is 11.2 Å². The molecule has 0 aliphatic carbocycles. The van der Waals surface area contributed by atoms with Crippen molar-refractivity contribution in [2.45, 2.75) is 33.3 Å². The van der Waals surface area contributed by atoms with Crippen LogP contribution in [-0.4, -0.2) is 27.2 Å². The van der Waals surface area contributed by atoms with E-state index in [9.17, 15) is 4.79 Å². The van der Waals surface area contributed by atoms with Gasteiger partial charge in [0.1, 0.15) is 0 Å². The Bertz CT molecular complexity index is 1150. The van der Waals surface area contributed by atoms with Crippen LogP contribution in [0.4, 0.5) is 9.93 Å². The van der Waals surface area contributed by atoms with Gasteiger partial charge in [0.2, 0.25) is 5.88 Å². The van der Waals surface area contributed by atoms with Gasteiger partial charge in [-0.25, -0.2) is 14.8 Å². The number of nitrogens with zero attached hydrogens (tertiary/aromatic N) is 2. The Morgan fingerprint density at radius 2 is 2.12 bits per heavy atom. The Morgan fingerprint density at radius 1 is 1.31 bits per heavy atom. The zero-order valence-electron chi connectivity index (χ0n) is 14.6. The molecule has 0 bridgehead atoms. The molecule has 3 N–H and O–H groups in total. The van der Waals surface area contributed by atoms with Crippen LogP contribution in [0.25, 0.3) is 32.0 Å². The van der Waals surface area contributed by atoms with E-state index in [4.69, 9.17) is 15.2 Å². The molecule has 134 valence electrons. The van der Waals surface area contributed by atoms with Crippen molar-refractivity contribution in [3.63, 3.8) is 0 Å². The highest BCUT2D eigenvalue weighted by Gasteiger charge is 2.20. The summed E-state index contributed by atoms with van der Waals surface area (Å²) in [6.45, 7) is 5.52. The van der Waals surface area contributed by atoms with E-state index in [-0.39, 0.29) is 12.0 Å². The molecule has 0 amide bonds. The Hall–Kier alpha value is -2.87. The molecule has 8 heteroatoms. The topological polar surface area (TPSA) is 103 Å². The number of thiazole rings is 1. The second kappa shape index (κ2) is 6.14. The third kappa shape index (κ3) is 2.62. The lowest BCUT2D eigenvalue weighted by Gasteiger charge is -2.11. The maximum Gasteiger partial charge on any atom is 0.515 e. The number of nitrogens with two attached hydrogens (primary N) is 1. The van der Waals surface area contributed by atoms with Crippen LogP contribution in [0.5, 0.6) is 5.88 Å². The van der Waals surface area contributed by atoms with Crippen LogP contribution in [0, 0.1) is 0 Å². The van der Waals surface area contributed by atoms with Gasteiger partial charge in [0, 0.05) is 21.9 Å². The lowest BCUT2D eigenvalue weighted by Crippen LogP contribution is -2.17. The molecule has 0 atom stereocenters. The van der Waals surface area contributed by atoms with Gasteiger partial charge < -0.3 is 20.2 Å². The van der Waals surface area contributed by atoms with Crippen LogP contribution in [0.3, 0.4) is 0 Å². The summed E-state index contributed by atoms with van der Waals surface area (Å²) < 4.78 is 11.4. The van der Waals surface area contributed by atoms with E-state index in [0.717, 1.165) is 37.6 Å². The molecule has 0 spiro atoms. The minimum atomic E-state index is -0.760. The number of carbonyl (C=O) groups is 1. The first-order valence-corrected chi connectivity index (χ1v) is 9.16. The van der Waals surface area contributed by atoms with Crippen LogP contribution >= 0.6 is 11.3 Å². The molecule has 0 unspecified atom stereocenters. The number of ether oxygens (including phenoxy) is 2. The number of aromatic nitrogens is 3. The van der Waals surface area contributed by atoms with E-state index >= 15 is 0 Å². The average Bonchev–Trinajstić information content (AvgIpc) is 3.12. The summed E-state index contributed by atoms with van der Waals surface area (Å²) in [5.41, 5.74) is 9.38. The summed E-state index contributed by atoms with van der Waals surface area (Å²) in [6, 6.07) is 4.00. The smallest absolute Gasteiger partial charge is 0.431 e.